The standard InChI is InChI=1S/C18H34N2/c1-17(2)7-5-6-15(16(17)19)14-20-12-10-18(11-13-20)8-3-4-9-18/h15-16H,3-14,19H2,1-2H3. The molecule has 1 spiro atoms. The molecular formula is C18H34N2. The predicted molar refractivity (Wildman–Crippen MR) is 85.7 cm³/mol. The highest BCUT2D eigenvalue weighted by Gasteiger charge is 2.40. The molecule has 2 N–H and O–H groups in total. The maximum absolute atomic E-state index is 6.56. The molecule has 2 aliphatic carbocycles. The van der Waals surface area contributed by atoms with E-state index in [2.05, 4.69) is 18.7 Å². The van der Waals surface area contributed by atoms with E-state index in [0.29, 0.717) is 11.5 Å². The van der Waals surface area contributed by atoms with Crippen LogP contribution in [0.2, 0.25) is 0 Å². The molecule has 2 nitrogen and oxygen atoms in total. The maximum Gasteiger partial charge on any atom is 0.0131 e. The molecule has 0 aromatic rings. The summed E-state index contributed by atoms with van der Waals surface area (Å²) in [6, 6.07) is 0.401. The minimum atomic E-state index is 0.353. The molecule has 116 valence electrons. The first kappa shape index (κ1) is 14.8. The van der Waals surface area contributed by atoms with Crippen molar-refractivity contribution in [2.45, 2.75) is 77.7 Å². The third-order valence-corrected chi connectivity index (χ3v) is 6.88. The summed E-state index contributed by atoms with van der Waals surface area (Å²) < 4.78 is 0. The van der Waals surface area contributed by atoms with E-state index in [9.17, 15) is 0 Å². The second-order valence-corrected chi connectivity index (χ2v) is 8.67. The first-order valence-electron chi connectivity index (χ1n) is 8.99. The van der Waals surface area contributed by atoms with Gasteiger partial charge in [-0.1, -0.05) is 33.1 Å². The fourth-order valence-electron chi connectivity index (χ4n) is 5.18. The van der Waals surface area contributed by atoms with E-state index in [4.69, 9.17) is 5.73 Å². The van der Waals surface area contributed by atoms with E-state index in [-0.39, 0.29) is 0 Å². The van der Waals surface area contributed by atoms with Crippen LogP contribution in [-0.2, 0) is 0 Å². The maximum atomic E-state index is 6.56. The SMILES string of the molecule is CC1(C)CCCC(CN2CCC3(CCCC3)CC2)C1N. The lowest BCUT2D eigenvalue weighted by Crippen LogP contribution is -2.51. The van der Waals surface area contributed by atoms with E-state index in [0.717, 1.165) is 11.3 Å². The summed E-state index contributed by atoms with van der Waals surface area (Å²) >= 11 is 0. The average Bonchev–Trinajstić information content (AvgIpc) is 2.86. The largest absolute Gasteiger partial charge is 0.327 e. The fourth-order valence-corrected chi connectivity index (χ4v) is 5.18. The zero-order chi connectivity index (χ0) is 14.2. The highest BCUT2D eigenvalue weighted by Crippen LogP contribution is 2.46. The van der Waals surface area contributed by atoms with E-state index in [1.165, 1.54) is 77.4 Å². The number of hydrogen-bond acceptors (Lipinski definition) is 2. The van der Waals surface area contributed by atoms with E-state index < -0.39 is 0 Å². The minimum absolute atomic E-state index is 0.353. The highest BCUT2D eigenvalue weighted by atomic mass is 15.1. The molecule has 3 fully saturated rings. The van der Waals surface area contributed by atoms with Gasteiger partial charge in [0.2, 0.25) is 0 Å². The summed E-state index contributed by atoms with van der Waals surface area (Å²) in [5.74, 6) is 0.733. The van der Waals surface area contributed by atoms with Gasteiger partial charge in [-0.25, -0.2) is 0 Å². The number of hydrogen-bond donors (Lipinski definition) is 1. The smallest absolute Gasteiger partial charge is 0.0131 e. The van der Waals surface area contributed by atoms with Crippen LogP contribution in [0.25, 0.3) is 0 Å². The summed E-state index contributed by atoms with van der Waals surface area (Å²) in [5.41, 5.74) is 7.67. The molecule has 0 amide bonds. The lowest BCUT2D eigenvalue weighted by molar-refractivity contribution is 0.0609. The Morgan fingerprint density at radius 1 is 0.950 bits per heavy atom. The van der Waals surface area contributed by atoms with Gasteiger partial charge in [0.1, 0.15) is 0 Å². The zero-order valence-corrected chi connectivity index (χ0v) is 13.7. The Kier molecular flexibility index (Phi) is 4.16. The topological polar surface area (TPSA) is 29.3 Å². The molecule has 1 saturated heterocycles. The van der Waals surface area contributed by atoms with Gasteiger partial charge in [-0.05, 0) is 68.4 Å². The van der Waals surface area contributed by atoms with E-state index >= 15 is 0 Å². The molecule has 1 aliphatic heterocycles. The fraction of sp³-hybridized carbons (Fsp3) is 1.00. The molecule has 3 rings (SSSR count). The van der Waals surface area contributed by atoms with Crippen LogP contribution in [-0.4, -0.2) is 30.6 Å². The van der Waals surface area contributed by atoms with Gasteiger partial charge in [0.05, 0.1) is 0 Å². The second kappa shape index (κ2) is 5.61. The first-order valence-corrected chi connectivity index (χ1v) is 8.99. The van der Waals surface area contributed by atoms with Crippen molar-refractivity contribution in [3.05, 3.63) is 0 Å². The monoisotopic (exact) mass is 278 g/mol. The van der Waals surface area contributed by atoms with Gasteiger partial charge in [-0.15, -0.1) is 0 Å². The summed E-state index contributed by atoms with van der Waals surface area (Å²) in [5, 5.41) is 0. The summed E-state index contributed by atoms with van der Waals surface area (Å²) in [7, 11) is 0. The first-order chi connectivity index (χ1) is 9.51. The van der Waals surface area contributed by atoms with Crippen LogP contribution in [0.4, 0.5) is 0 Å². The molecule has 20 heavy (non-hydrogen) atoms. The molecular weight excluding hydrogens is 244 g/mol. The lowest BCUT2D eigenvalue weighted by atomic mass is 9.68. The van der Waals surface area contributed by atoms with Crippen molar-refractivity contribution in [3.8, 4) is 0 Å². The Morgan fingerprint density at radius 3 is 2.25 bits per heavy atom. The van der Waals surface area contributed by atoms with Crippen molar-refractivity contribution in [2.24, 2.45) is 22.5 Å². The summed E-state index contributed by atoms with van der Waals surface area (Å²) in [6.07, 6.45) is 13.0. The molecule has 0 radical (unpaired) electrons. The Balaban J connectivity index is 1.52. The van der Waals surface area contributed by atoms with Crippen LogP contribution >= 0.6 is 0 Å². The number of piperidine rings is 1. The number of nitrogens with two attached hydrogens (primary N) is 1. The van der Waals surface area contributed by atoms with Crippen LogP contribution in [0, 0.1) is 16.7 Å². The Hall–Kier alpha value is -0.0800. The molecule has 0 aromatic carbocycles. The van der Waals surface area contributed by atoms with Gasteiger partial charge in [-0.2, -0.15) is 0 Å². The number of rotatable bonds is 2. The van der Waals surface area contributed by atoms with E-state index in [1.54, 1.807) is 0 Å². The van der Waals surface area contributed by atoms with Gasteiger partial charge >= 0.3 is 0 Å². The van der Waals surface area contributed by atoms with Crippen molar-refractivity contribution >= 4 is 0 Å². The van der Waals surface area contributed by atoms with Crippen LogP contribution in [0.3, 0.4) is 0 Å². The molecule has 0 bridgehead atoms. The van der Waals surface area contributed by atoms with Crippen LogP contribution in [0.1, 0.15) is 71.6 Å². The number of nitrogens with zero attached hydrogens (tertiary/aromatic N) is 1. The summed E-state index contributed by atoms with van der Waals surface area (Å²) in [4.78, 5) is 2.73. The van der Waals surface area contributed by atoms with Crippen molar-refractivity contribution in [1.29, 1.82) is 0 Å². The number of likely N-dealkylation sites (tertiary alicyclic amines) is 1. The lowest BCUT2D eigenvalue weighted by Gasteiger charge is -2.46. The predicted octanol–water partition coefficient (Wildman–Crippen LogP) is 3.80. The molecule has 2 saturated carbocycles. The Bertz CT molecular complexity index is 320. The molecule has 0 aromatic heterocycles. The zero-order valence-electron chi connectivity index (χ0n) is 13.7. The average molecular weight is 278 g/mol. The van der Waals surface area contributed by atoms with Gasteiger partial charge in [0.25, 0.3) is 0 Å². The molecule has 2 atom stereocenters. The van der Waals surface area contributed by atoms with Gasteiger partial charge < -0.3 is 10.6 Å². The van der Waals surface area contributed by atoms with Crippen molar-refractivity contribution in [1.82, 2.24) is 4.90 Å². The minimum Gasteiger partial charge on any atom is -0.327 e. The normalized spacial score (nSPS) is 37.4. The van der Waals surface area contributed by atoms with Gasteiger partial charge in [0, 0.05) is 12.6 Å². The molecule has 2 heteroatoms. The second-order valence-electron chi connectivity index (χ2n) is 8.67. The van der Waals surface area contributed by atoms with Crippen molar-refractivity contribution < 1.29 is 0 Å². The van der Waals surface area contributed by atoms with Crippen molar-refractivity contribution in [3.63, 3.8) is 0 Å². The third-order valence-electron chi connectivity index (χ3n) is 6.88. The Labute approximate surface area is 125 Å². The molecule has 1 heterocycles. The van der Waals surface area contributed by atoms with E-state index in [1.807, 2.05) is 0 Å². The third kappa shape index (κ3) is 2.92. The quantitative estimate of drug-likeness (QED) is 0.832. The molecule has 3 aliphatic rings. The van der Waals surface area contributed by atoms with Crippen molar-refractivity contribution in [2.75, 3.05) is 19.6 Å². The summed E-state index contributed by atoms with van der Waals surface area (Å²) in [6.45, 7) is 8.68. The van der Waals surface area contributed by atoms with Crippen LogP contribution in [0.5, 0.6) is 0 Å². The van der Waals surface area contributed by atoms with Crippen LogP contribution in [0.15, 0.2) is 0 Å². The highest BCUT2D eigenvalue weighted by molar-refractivity contribution is 4.94. The van der Waals surface area contributed by atoms with Gasteiger partial charge in [0.15, 0.2) is 0 Å². The van der Waals surface area contributed by atoms with Gasteiger partial charge in [-0.3, -0.25) is 0 Å². The molecule has 2 unspecified atom stereocenters. The van der Waals surface area contributed by atoms with Crippen LogP contribution < -0.4 is 5.73 Å². The Morgan fingerprint density at radius 2 is 1.60 bits per heavy atom.